The summed E-state index contributed by atoms with van der Waals surface area (Å²) in [6.45, 7) is 7.46. The van der Waals surface area contributed by atoms with E-state index in [1.54, 1.807) is 15.6 Å². The van der Waals surface area contributed by atoms with E-state index < -0.39 is 10.2 Å². The van der Waals surface area contributed by atoms with Gasteiger partial charge < -0.3 is 4.74 Å². The standard InChI is InChI=1S/C13H22N2O3S2/c1-4-14(10-13-6-5-7-19-13)20(16,17)15-8-11(2)18-12(3)9-15/h5-7,11-12H,4,8-10H2,1-3H3. The maximum atomic E-state index is 12.7. The number of rotatable bonds is 5. The highest BCUT2D eigenvalue weighted by molar-refractivity contribution is 7.86. The molecule has 0 radical (unpaired) electrons. The highest BCUT2D eigenvalue weighted by Gasteiger charge is 2.34. The van der Waals surface area contributed by atoms with Crippen LogP contribution in [0.25, 0.3) is 0 Å². The SMILES string of the molecule is CCN(Cc1cccs1)S(=O)(=O)N1CC(C)OC(C)C1. The van der Waals surface area contributed by atoms with Gasteiger partial charge in [-0.1, -0.05) is 13.0 Å². The molecule has 0 N–H and O–H groups in total. The van der Waals surface area contributed by atoms with Gasteiger partial charge in [0.15, 0.2) is 0 Å². The first kappa shape index (κ1) is 15.9. The average Bonchev–Trinajstić information content (AvgIpc) is 2.87. The van der Waals surface area contributed by atoms with Gasteiger partial charge in [-0.05, 0) is 25.3 Å². The molecule has 0 aliphatic carbocycles. The normalized spacial score (nSPS) is 25.2. The third-order valence-electron chi connectivity index (χ3n) is 3.30. The third kappa shape index (κ3) is 3.59. The first-order chi connectivity index (χ1) is 9.43. The third-order valence-corrected chi connectivity index (χ3v) is 6.16. The minimum Gasteiger partial charge on any atom is -0.373 e. The van der Waals surface area contributed by atoms with Gasteiger partial charge >= 0.3 is 0 Å². The van der Waals surface area contributed by atoms with E-state index in [4.69, 9.17) is 4.74 Å². The van der Waals surface area contributed by atoms with Crippen molar-refractivity contribution in [2.45, 2.75) is 39.5 Å². The molecule has 1 aromatic rings. The second-order valence-electron chi connectivity index (χ2n) is 5.09. The molecule has 2 heterocycles. The minimum atomic E-state index is -3.42. The van der Waals surface area contributed by atoms with E-state index in [1.807, 2.05) is 38.3 Å². The topological polar surface area (TPSA) is 49.9 Å². The largest absolute Gasteiger partial charge is 0.373 e. The lowest BCUT2D eigenvalue weighted by atomic mass is 10.3. The fourth-order valence-electron chi connectivity index (χ4n) is 2.42. The van der Waals surface area contributed by atoms with Gasteiger partial charge in [-0.2, -0.15) is 17.0 Å². The van der Waals surface area contributed by atoms with Gasteiger partial charge in [0, 0.05) is 31.1 Å². The van der Waals surface area contributed by atoms with Crippen molar-refractivity contribution in [2.24, 2.45) is 0 Å². The molecular formula is C13H22N2O3S2. The van der Waals surface area contributed by atoms with E-state index in [0.29, 0.717) is 26.2 Å². The molecule has 20 heavy (non-hydrogen) atoms. The Kier molecular flexibility index (Phi) is 5.19. The highest BCUT2D eigenvalue weighted by atomic mass is 32.2. The van der Waals surface area contributed by atoms with Crippen molar-refractivity contribution in [3.05, 3.63) is 22.4 Å². The Morgan fingerprint density at radius 3 is 2.55 bits per heavy atom. The molecule has 0 aromatic carbocycles. The molecule has 7 heteroatoms. The van der Waals surface area contributed by atoms with E-state index in [0.717, 1.165) is 4.88 Å². The second kappa shape index (κ2) is 6.53. The predicted octanol–water partition coefficient (Wildman–Crippen LogP) is 1.92. The molecule has 1 saturated heterocycles. The van der Waals surface area contributed by atoms with Gasteiger partial charge in [0.05, 0.1) is 12.2 Å². The first-order valence-electron chi connectivity index (χ1n) is 6.86. The zero-order chi connectivity index (χ0) is 14.8. The zero-order valence-corrected chi connectivity index (χ0v) is 13.8. The van der Waals surface area contributed by atoms with Crippen LogP contribution >= 0.6 is 11.3 Å². The van der Waals surface area contributed by atoms with Gasteiger partial charge in [-0.3, -0.25) is 0 Å². The van der Waals surface area contributed by atoms with Crippen molar-refractivity contribution in [3.63, 3.8) is 0 Å². The summed E-state index contributed by atoms with van der Waals surface area (Å²) in [4.78, 5) is 1.06. The van der Waals surface area contributed by atoms with Crippen LogP contribution in [0.3, 0.4) is 0 Å². The molecule has 1 fully saturated rings. The maximum absolute atomic E-state index is 12.7. The number of morpholine rings is 1. The van der Waals surface area contributed by atoms with Gasteiger partial charge in [-0.15, -0.1) is 11.3 Å². The van der Waals surface area contributed by atoms with Crippen LogP contribution in [0.5, 0.6) is 0 Å². The Balaban J connectivity index is 2.14. The molecule has 1 aromatic heterocycles. The highest BCUT2D eigenvalue weighted by Crippen LogP contribution is 2.20. The summed E-state index contributed by atoms with van der Waals surface area (Å²) in [5, 5.41) is 1.97. The first-order valence-corrected chi connectivity index (χ1v) is 9.14. The minimum absolute atomic E-state index is 0.0611. The molecule has 0 saturated carbocycles. The van der Waals surface area contributed by atoms with Crippen LogP contribution in [0, 0.1) is 0 Å². The van der Waals surface area contributed by atoms with Crippen LogP contribution in [-0.4, -0.2) is 48.9 Å². The van der Waals surface area contributed by atoms with Gasteiger partial charge in [-0.25, -0.2) is 0 Å². The summed E-state index contributed by atoms with van der Waals surface area (Å²) in [7, 11) is -3.42. The molecule has 114 valence electrons. The van der Waals surface area contributed by atoms with Crippen LogP contribution in [0.4, 0.5) is 0 Å². The maximum Gasteiger partial charge on any atom is 0.282 e. The van der Waals surface area contributed by atoms with Gasteiger partial charge in [0.2, 0.25) is 0 Å². The van der Waals surface area contributed by atoms with Crippen LogP contribution in [0.15, 0.2) is 17.5 Å². The van der Waals surface area contributed by atoms with Gasteiger partial charge in [0.1, 0.15) is 0 Å². The number of hydrogen-bond acceptors (Lipinski definition) is 4. The van der Waals surface area contributed by atoms with Crippen LogP contribution in [0.2, 0.25) is 0 Å². The van der Waals surface area contributed by atoms with Crippen LogP contribution < -0.4 is 0 Å². The van der Waals surface area contributed by atoms with Crippen molar-refractivity contribution in [3.8, 4) is 0 Å². The van der Waals surface area contributed by atoms with Gasteiger partial charge in [0.25, 0.3) is 10.2 Å². The fourth-order valence-corrected chi connectivity index (χ4v) is 4.97. The molecule has 1 aliphatic heterocycles. The summed E-state index contributed by atoms with van der Waals surface area (Å²) in [6.07, 6.45) is -0.122. The molecule has 2 rings (SSSR count). The number of thiophene rings is 1. The smallest absolute Gasteiger partial charge is 0.282 e. The fraction of sp³-hybridized carbons (Fsp3) is 0.692. The number of hydrogen-bond donors (Lipinski definition) is 0. The lowest BCUT2D eigenvalue weighted by molar-refractivity contribution is -0.0454. The quantitative estimate of drug-likeness (QED) is 0.833. The monoisotopic (exact) mass is 318 g/mol. The Bertz CT molecular complexity index is 506. The molecule has 0 bridgehead atoms. The molecular weight excluding hydrogens is 296 g/mol. The summed E-state index contributed by atoms with van der Waals surface area (Å²) < 4.78 is 34.2. The number of nitrogens with zero attached hydrogens (tertiary/aromatic N) is 2. The lowest BCUT2D eigenvalue weighted by Crippen LogP contribution is -2.52. The lowest BCUT2D eigenvalue weighted by Gasteiger charge is -2.37. The van der Waals surface area contributed by atoms with E-state index >= 15 is 0 Å². The van der Waals surface area contributed by atoms with Crippen molar-refractivity contribution in [1.29, 1.82) is 0 Å². The predicted molar refractivity (Wildman–Crippen MR) is 80.9 cm³/mol. The van der Waals surface area contributed by atoms with E-state index in [-0.39, 0.29) is 12.2 Å². The van der Waals surface area contributed by atoms with Crippen molar-refractivity contribution >= 4 is 21.5 Å². The molecule has 0 amide bonds. The molecule has 2 atom stereocenters. The van der Waals surface area contributed by atoms with Crippen LogP contribution in [-0.2, 0) is 21.5 Å². The Morgan fingerprint density at radius 2 is 2.05 bits per heavy atom. The molecule has 0 spiro atoms. The Labute approximate surface area is 125 Å². The second-order valence-corrected chi connectivity index (χ2v) is 8.05. The summed E-state index contributed by atoms with van der Waals surface area (Å²) in [6, 6.07) is 3.91. The molecule has 5 nitrogen and oxygen atoms in total. The zero-order valence-electron chi connectivity index (χ0n) is 12.2. The molecule has 1 aliphatic rings. The summed E-state index contributed by atoms with van der Waals surface area (Å²) >= 11 is 1.58. The summed E-state index contributed by atoms with van der Waals surface area (Å²) in [5.74, 6) is 0. The van der Waals surface area contributed by atoms with E-state index in [2.05, 4.69) is 0 Å². The van der Waals surface area contributed by atoms with E-state index in [9.17, 15) is 8.42 Å². The van der Waals surface area contributed by atoms with Crippen LogP contribution in [0.1, 0.15) is 25.6 Å². The Hall–Kier alpha value is -0.470. The van der Waals surface area contributed by atoms with Crippen molar-refractivity contribution < 1.29 is 13.2 Å². The van der Waals surface area contributed by atoms with Crippen molar-refractivity contribution in [2.75, 3.05) is 19.6 Å². The average molecular weight is 318 g/mol. The van der Waals surface area contributed by atoms with E-state index in [1.165, 1.54) is 4.31 Å². The van der Waals surface area contributed by atoms with Crippen molar-refractivity contribution in [1.82, 2.24) is 8.61 Å². The number of ether oxygens (including phenoxy) is 1. The molecule has 2 unspecified atom stereocenters. The Morgan fingerprint density at radius 1 is 1.40 bits per heavy atom. The summed E-state index contributed by atoms with van der Waals surface area (Å²) in [5.41, 5.74) is 0.